The average Bonchev–Trinajstić information content (AvgIpc) is 3.18. The Kier molecular flexibility index (Phi) is 8.02. The predicted molar refractivity (Wildman–Crippen MR) is 130 cm³/mol. The topological polar surface area (TPSA) is 105 Å². The first-order chi connectivity index (χ1) is 16.9. The van der Waals surface area contributed by atoms with Crippen molar-refractivity contribution in [3.8, 4) is 11.1 Å². The molecule has 0 radical (unpaired) electrons. The maximum atomic E-state index is 12.4. The Hall–Kier alpha value is -3.39. The van der Waals surface area contributed by atoms with E-state index in [4.69, 9.17) is 9.47 Å². The lowest BCUT2D eigenvalue weighted by atomic mass is 9.90. The van der Waals surface area contributed by atoms with E-state index in [9.17, 15) is 19.5 Å². The van der Waals surface area contributed by atoms with E-state index >= 15 is 0 Å². The van der Waals surface area contributed by atoms with Crippen molar-refractivity contribution in [2.75, 3.05) is 39.5 Å². The molecular weight excluding hydrogens is 448 g/mol. The van der Waals surface area contributed by atoms with Crippen molar-refractivity contribution in [2.45, 2.75) is 25.7 Å². The molecule has 186 valence electrons. The van der Waals surface area contributed by atoms with E-state index in [-0.39, 0.29) is 57.1 Å². The summed E-state index contributed by atoms with van der Waals surface area (Å²) in [5.74, 6) is -1.30. The van der Waals surface area contributed by atoms with Crippen molar-refractivity contribution in [1.82, 2.24) is 10.2 Å². The van der Waals surface area contributed by atoms with Crippen LogP contribution in [0.5, 0.6) is 0 Å². The second-order valence-corrected chi connectivity index (χ2v) is 9.29. The fraction of sp³-hybridized carbons (Fsp3) is 0.444. The van der Waals surface area contributed by atoms with E-state index in [2.05, 4.69) is 29.6 Å². The van der Waals surface area contributed by atoms with Crippen LogP contribution in [0.4, 0.5) is 4.79 Å². The molecule has 2 aliphatic rings. The van der Waals surface area contributed by atoms with Gasteiger partial charge in [-0.15, -0.1) is 0 Å². The van der Waals surface area contributed by atoms with Crippen LogP contribution in [0.25, 0.3) is 11.1 Å². The van der Waals surface area contributed by atoms with Crippen molar-refractivity contribution in [3.63, 3.8) is 0 Å². The number of alkyl carbamates (subject to hydrolysis) is 1. The van der Waals surface area contributed by atoms with Crippen LogP contribution >= 0.6 is 0 Å². The number of hydrogen-bond donors (Lipinski definition) is 2. The minimum atomic E-state index is -0.857. The number of ether oxygens (including phenoxy) is 2. The third-order valence-electron chi connectivity index (χ3n) is 6.68. The molecule has 2 amide bonds. The summed E-state index contributed by atoms with van der Waals surface area (Å²) in [4.78, 5) is 37.5. The predicted octanol–water partition coefficient (Wildman–Crippen LogP) is 3.50. The van der Waals surface area contributed by atoms with E-state index in [0.29, 0.717) is 13.0 Å². The summed E-state index contributed by atoms with van der Waals surface area (Å²) in [6.07, 6.45) is 0.273. The number of carbonyl (C=O) groups is 3. The molecule has 1 fully saturated rings. The molecule has 1 heterocycles. The number of carboxylic acids is 1. The van der Waals surface area contributed by atoms with Gasteiger partial charge in [-0.2, -0.15) is 0 Å². The smallest absolute Gasteiger partial charge is 0.407 e. The van der Waals surface area contributed by atoms with Gasteiger partial charge in [0, 0.05) is 25.6 Å². The van der Waals surface area contributed by atoms with Gasteiger partial charge in [0.1, 0.15) is 6.61 Å². The number of nitrogens with one attached hydrogen (secondary N) is 1. The summed E-state index contributed by atoms with van der Waals surface area (Å²) in [5, 5.41) is 11.9. The summed E-state index contributed by atoms with van der Waals surface area (Å²) in [6.45, 7) is 3.78. The first-order valence-corrected chi connectivity index (χ1v) is 12.1. The van der Waals surface area contributed by atoms with Gasteiger partial charge in [-0.3, -0.25) is 9.59 Å². The van der Waals surface area contributed by atoms with Gasteiger partial charge in [-0.25, -0.2) is 4.79 Å². The normalized spacial score (nSPS) is 19.1. The van der Waals surface area contributed by atoms with Crippen LogP contribution < -0.4 is 5.32 Å². The third-order valence-corrected chi connectivity index (χ3v) is 6.68. The Balaban J connectivity index is 1.14. The molecule has 2 unspecified atom stereocenters. The largest absolute Gasteiger partial charge is 0.481 e. The number of fused-ring (bicyclic) bond motifs is 3. The van der Waals surface area contributed by atoms with E-state index in [1.807, 2.05) is 31.2 Å². The number of likely N-dealkylation sites (tertiary alicyclic amines) is 1. The number of carbonyl (C=O) groups excluding carboxylic acids is 2. The minimum Gasteiger partial charge on any atom is -0.481 e. The van der Waals surface area contributed by atoms with Gasteiger partial charge in [-0.05, 0) is 34.6 Å². The van der Waals surface area contributed by atoms with E-state index in [0.717, 1.165) is 11.1 Å². The van der Waals surface area contributed by atoms with Gasteiger partial charge in [0.25, 0.3) is 0 Å². The summed E-state index contributed by atoms with van der Waals surface area (Å²) in [6, 6.07) is 16.3. The van der Waals surface area contributed by atoms with Crippen LogP contribution in [-0.4, -0.2) is 67.4 Å². The van der Waals surface area contributed by atoms with Crippen LogP contribution in [0.2, 0.25) is 0 Å². The monoisotopic (exact) mass is 480 g/mol. The lowest BCUT2D eigenvalue weighted by molar-refractivity contribution is -0.147. The highest BCUT2D eigenvalue weighted by atomic mass is 16.5. The molecule has 2 aromatic rings. The highest BCUT2D eigenvalue weighted by molar-refractivity contribution is 5.79. The van der Waals surface area contributed by atoms with Crippen molar-refractivity contribution >= 4 is 18.0 Å². The molecule has 1 aliphatic heterocycles. The second-order valence-electron chi connectivity index (χ2n) is 9.29. The van der Waals surface area contributed by atoms with Gasteiger partial charge in [0.2, 0.25) is 5.91 Å². The molecule has 8 nitrogen and oxygen atoms in total. The quantitative estimate of drug-likeness (QED) is 0.533. The number of rotatable bonds is 9. The zero-order valence-corrected chi connectivity index (χ0v) is 19.9. The van der Waals surface area contributed by atoms with Crippen molar-refractivity contribution in [2.24, 2.45) is 11.8 Å². The first-order valence-electron chi connectivity index (χ1n) is 12.1. The Morgan fingerprint density at radius 3 is 2.31 bits per heavy atom. The number of benzene rings is 2. The van der Waals surface area contributed by atoms with Crippen molar-refractivity contribution in [3.05, 3.63) is 59.7 Å². The number of carboxylic acid groups (broad SMARTS) is 1. The fourth-order valence-electron chi connectivity index (χ4n) is 5.03. The molecule has 2 atom stereocenters. The molecule has 2 N–H and O–H groups in total. The molecule has 2 aromatic carbocycles. The van der Waals surface area contributed by atoms with Gasteiger partial charge in [-0.1, -0.05) is 55.5 Å². The Bertz CT molecular complexity index is 1030. The third kappa shape index (κ3) is 6.00. The van der Waals surface area contributed by atoms with E-state index < -0.39 is 18.0 Å². The molecule has 1 saturated heterocycles. The number of amides is 2. The van der Waals surface area contributed by atoms with Crippen LogP contribution in [-0.2, 0) is 19.1 Å². The maximum Gasteiger partial charge on any atom is 0.407 e. The number of piperidine rings is 1. The molecule has 0 bridgehead atoms. The Morgan fingerprint density at radius 1 is 1.00 bits per heavy atom. The summed E-state index contributed by atoms with van der Waals surface area (Å²) >= 11 is 0. The Morgan fingerprint density at radius 2 is 1.66 bits per heavy atom. The van der Waals surface area contributed by atoms with E-state index in [1.165, 1.54) is 11.1 Å². The lowest BCUT2D eigenvalue weighted by Crippen LogP contribution is -2.45. The summed E-state index contributed by atoms with van der Waals surface area (Å²) in [5.41, 5.74) is 4.68. The van der Waals surface area contributed by atoms with Crippen LogP contribution in [0.1, 0.15) is 36.8 Å². The average molecular weight is 481 g/mol. The molecule has 35 heavy (non-hydrogen) atoms. The zero-order valence-electron chi connectivity index (χ0n) is 19.9. The molecule has 0 aromatic heterocycles. The summed E-state index contributed by atoms with van der Waals surface area (Å²) < 4.78 is 11.0. The molecule has 0 saturated carbocycles. The molecule has 1 aliphatic carbocycles. The first kappa shape index (κ1) is 24.7. The summed E-state index contributed by atoms with van der Waals surface area (Å²) in [7, 11) is 0. The van der Waals surface area contributed by atoms with Crippen LogP contribution in [0.3, 0.4) is 0 Å². The lowest BCUT2D eigenvalue weighted by Gasteiger charge is -2.34. The standard InChI is InChI=1S/C27H32N2O6/c1-18-14-19(26(31)32)16-29(15-18)25(30)10-12-34-13-11-28-27(33)35-17-24-22-8-4-2-6-20(22)21-7-3-5-9-23(21)24/h2-9,18-19,24H,10-17H2,1H3,(H,28,33)(H,31,32). The minimum absolute atomic E-state index is 0.00800. The highest BCUT2D eigenvalue weighted by Crippen LogP contribution is 2.44. The van der Waals surface area contributed by atoms with Gasteiger partial charge >= 0.3 is 12.1 Å². The molecule has 0 spiro atoms. The SMILES string of the molecule is CC1CC(C(=O)O)CN(C(=O)CCOCCNC(=O)OCC2c3ccccc3-c3ccccc32)C1. The zero-order chi connectivity index (χ0) is 24.8. The van der Waals surface area contributed by atoms with Gasteiger partial charge in [0.15, 0.2) is 0 Å². The van der Waals surface area contributed by atoms with Crippen LogP contribution in [0, 0.1) is 11.8 Å². The number of aliphatic carboxylic acids is 1. The van der Waals surface area contributed by atoms with Gasteiger partial charge in [0.05, 0.1) is 25.6 Å². The van der Waals surface area contributed by atoms with Gasteiger partial charge < -0.3 is 24.8 Å². The highest BCUT2D eigenvalue weighted by Gasteiger charge is 2.32. The Labute approximate surface area is 205 Å². The fourth-order valence-corrected chi connectivity index (χ4v) is 5.03. The maximum absolute atomic E-state index is 12.4. The molecule has 4 rings (SSSR count). The molecular formula is C27H32N2O6. The second kappa shape index (κ2) is 11.4. The van der Waals surface area contributed by atoms with Crippen LogP contribution in [0.15, 0.2) is 48.5 Å². The number of hydrogen-bond acceptors (Lipinski definition) is 5. The number of nitrogens with zero attached hydrogens (tertiary/aromatic N) is 1. The van der Waals surface area contributed by atoms with Crippen molar-refractivity contribution < 1.29 is 29.0 Å². The van der Waals surface area contributed by atoms with Crippen molar-refractivity contribution in [1.29, 1.82) is 0 Å². The molecule has 8 heteroatoms. The van der Waals surface area contributed by atoms with E-state index in [1.54, 1.807) is 4.90 Å².